The molecule has 0 aliphatic carbocycles. The van der Waals surface area contributed by atoms with Crippen molar-refractivity contribution >= 4 is 5.69 Å². The fourth-order valence-corrected chi connectivity index (χ4v) is 4.19. The zero-order chi connectivity index (χ0) is 18.6. The van der Waals surface area contributed by atoms with Crippen molar-refractivity contribution in [2.75, 3.05) is 38.3 Å². The van der Waals surface area contributed by atoms with Crippen molar-refractivity contribution < 1.29 is 9.47 Å². The maximum absolute atomic E-state index is 11.6. The average Bonchev–Trinajstić information content (AvgIpc) is 3.17. The van der Waals surface area contributed by atoms with Gasteiger partial charge in [-0.3, -0.25) is 9.69 Å². The number of hydrogen-bond donors (Lipinski definition) is 1. The number of pyridine rings is 1. The quantitative estimate of drug-likeness (QED) is 0.876. The number of nitrogens with one attached hydrogen (secondary N) is 1. The highest BCUT2D eigenvalue weighted by atomic mass is 16.5. The number of aromatic amines is 1. The Morgan fingerprint density at radius 1 is 1.22 bits per heavy atom. The summed E-state index contributed by atoms with van der Waals surface area (Å²) < 4.78 is 11.4. The third-order valence-electron chi connectivity index (χ3n) is 5.59. The van der Waals surface area contributed by atoms with Crippen LogP contribution in [0.3, 0.4) is 0 Å². The van der Waals surface area contributed by atoms with Crippen molar-refractivity contribution in [3.05, 3.63) is 58.5 Å². The van der Waals surface area contributed by atoms with Crippen molar-refractivity contribution in [2.24, 2.45) is 0 Å². The van der Waals surface area contributed by atoms with Crippen LogP contribution in [-0.2, 0) is 11.2 Å². The maximum atomic E-state index is 11.6. The van der Waals surface area contributed by atoms with E-state index in [1.54, 1.807) is 19.4 Å². The predicted molar refractivity (Wildman–Crippen MR) is 105 cm³/mol. The van der Waals surface area contributed by atoms with Gasteiger partial charge in [-0.25, -0.2) is 0 Å². The van der Waals surface area contributed by atoms with Gasteiger partial charge < -0.3 is 19.4 Å². The summed E-state index contributed by atoms with van der Waals surface area (Å²) in [4.78, 5) is 19.1. The van der Waals surface area contributed by atoms with Crippen molar-refractivity contribution in [2.45, 2.75) is 31.5 Å². The molecule has 2 unspecified atom stereocenters. The Bertz CT molecular complexity index is 805. The molecule has 0 bridgehead atoms. The summed E-state index contributed by atoms with van der Waals surface area (Å²) in [7, 11) is 1.69. The Labute approximate surface area is 159 Å². The van der Waals surface area contributed by atoms with E-state index in [-0.39, 0.29) is 11.8 Å². The molecule has 2 aliphatic rings. The second kappa shape index (κ2) is 8.15. The van der Waals surface area contributed by atoms with Crippen molar-refractivity contribution in [3.8, 4) is 5.75 Å². The van der Waals surface area contributed by atoms with E-state index in [0.29, 0.717) is 12.6 Å². The first-order chi connectivity index (χ1) is 13.2. The van der Waals surface area contributed by atoms with Gasteiger partial charge >= 0.3 is 0 Å². The van der Waals surface area contributed by atoms with Gasteiger partial charge in [0.15, 0.2) is 0 Å². The van der Waals surface area contributed by atoms with Crippen LogP contribution < -0.4 is 15.2 Å². The van der Waals surface area contributed by atoms with E-state index in [0.717, 1.165) is 37.5 Å². The number of benzene rings is 1. The molecule has 2 atom stereocenters. The fraction of sp³-hybridized carbons (Fsp3) is 0.476. The van der Waals surface area contributed by atoms with E-state index in [1.165, 1.54) is 18.4 Å². The number of aromatic nitrogens is 1. The van der Waals surface area contributed by atoms with Gasteiger partial charge in [-0.2, -0.15) is 0 Å². The highest BCUT2D eigenvalue weighted by molar-refractivity contribution is 5.45. The van der Waals surface area contributed by atoms with Crippen LogP contribution in [0.5, 0.6) is 5.75 Å². The number of anilines is 1. The van der Waals surface area contributed by atoms with Crippen LogP contribution in [0.25, 0.3) is 0 Å². The molecule has 6 nitrogen and oxygen atoms in total. The Hall–Kier alpha value is -2.31. The predicted octanol–water partition coefficient (Wildman–Crippen LogP) is 2.25. The van der Waals surface area contributed by atoms with Crippen LogP contribution in [0.2, 0.25) is 0 Å². The summed E-state index contributed by atoms with van der Waals surface area (Å²) in [5.74, 6) is 0.895. The number of morpholine rings is 1. The van der Waals surface area contributed by atoms with E-state index in [2.05, 4.69) is 26.9 Å². The number of likely N-dealkylation sites (tertiary alicyclic amines) is 1. The number of ether oxygens (including phenoxy) is 2. The SMILES string of the molecule is COc1ccc(CC2CCCN2C2CN(c3cc[nH]c(=O)c3)CCO2)cc1. The van der Waals surface area contributed by atoms with Crippen LogP contribution in [0.1, 0.15) is 18.4 Å². The minimum atomic E-state index is -0.0610. The van der Waals surface area contributed by atoms with Gasteiger partial charge in [0.2, 0.25) is 5.56 Å². The first-order valence-electron chi connectivity index (χ1n) is 9.67. The standard InChI is InChI=1S/C21H27N3O3/c1-26-19-6-4-16(5-7-19)13-18-3-2-10-24(18)21-15-23(11-12-27-21)17-8-9-22-20(25)14-17/h4-9,14,18,21H,2-3,10-13,15H2,1H3,(H,22,25). The molecule has 0 radical (unpaired) electrons. The molecule has 27 heavy (non-hydrogen) atoms. The zero-order valence-corrected chi connectivity index (χ0v) is 15.8. The Balaban J connectivity index is 1.43. The highest BCUT2D eigenvalue weighted by Gasteiger charge is 2.34. The molecule has 4 rings (SSSR count). The van der Waals surface area contributed by atoms with E-state index < -0.39 is 0 Å². The number of nitrogens with zero attached hydrogens (tertiary/aromatic N) is 2. The molecule has 3 heterocycles. The van der Waals surface area contributed by atoms with Crippen LogP contribution in [0, 0.1) is 0 Å². The van der Waals surface area contributed by atoms with Gasteiger partial charge in [-0.15, -0.1) is 0 Å². The lowest BCUT2D eigenvalue weighted by Gasteiger charge is -2.41. The lowest BCUT2D eigenvalue weighted by atomic mass is 10.0. The van der Waals surface area contributed by atoms with Gasteiger partial charge in [0.25, 0.3) is 0 Å². The minimum absolute atomic E-state index is 0.0610. The van der Waals surface area contributed by atoms with Crippen molar-refractivity contribution in [3.63, 3.8) is 0 Å². The summed E-state index contributed by atoms with van der Waals surface area (Å²) in [5.41, 5.74) is 2.24. The second-order valence-electron chi connectivity index (χ2n) is 7.27. The summed E-state index contributed by atoms with van der Waals surface area (Å²) in [6.07, 6.45) is 5.20. The second-order valence-corrected chi connectivity index (χ2v) is 7.27. The minimum Gasteiger partial charge on any atom is -0.497 e. The van der Waals surface area contributed by atoms with Gasteiger partial charge in [-0.05, 0) is 43.0 Å². The van der Waals surface area contributed by atoms with E-state index in [1.807, 2.05) is 18.2 Å². The Morgan fingerprint density at radius 2 is 2.07 bits per heavy atom. The number of rotatable bonds is 5. The normalized spacial score (nSPS) is 23.5. The molecule has 0 amide bonds. The molecule has 1 N–H and O–H groups in total. The summed E-state index contributed by atoms with van der Waals surface area (Å²) in [6, 6.07) is 12.5. The van der Waals surface area contributed by atoms with Gasteiger partial charge in [0.05, 0.1) is 20.3 Å². The molecular formula is C21H27N3O3. The van der Waals surface area contributed by atoms with Crippen LogP contribution in [-0.4, -0.2) is 55.5 Å². The molecule has 0 spiro atoms. The van der Waals surface area contributed by atoms with Gasteiger partial charge in [0, 0.05) is 37.1 Å². The topological polar surface area (TPSA) is 57.8 Å². The lowest BCUT2D eigenvalue weighted by Crippen LogP contribution is -2.53. The summed E-state index contributed by atoms with van der Waals surface area (Å²) in [5, 5.41) is 0. The molecule has 2 fully saturated rings. The first-order valence-corrected chi connectivity index (χ1v) is 9.67. The van der Waals surface area contributed by atoms with Crippen molar-refractivity contribution in [1.29, 1.82) is 0 Å². The lowest BCUT2D eigenvalue weighted by molar-refractivity contribution is -0.0724. The van der Waals surface area contributed by atoms with E-state index >= 15 is 0 Å². The Morgan fingerprint density at radius 3 is 2.85 bits per heavy atom. The maximum Gasteiger partial charge on any atom is 0.249 e. The largest absolute Gasteiger partial charge is 0.497 e. The average molecular weight is 369 g/mol. The molecule has 6 heteroatoms. The van der Waals surface area contributed by atoms with E-state index in [9.17, 15) is 4.79 Å². The number of methoxy groups -OCH3 is 1. The third kappa shape index (κ3) is 4.17. The molecule has 1 aromatic carbocycles. The van der Waals surface area contributed by atoms with Crippen LogP contribution in [0.4, 0.5) is 5.69 Å². The molecule has 144 valence electrons. The molecule has 2 saturated heterocycles. The van der Waals surface area contributed by atoms with Crippen molar-refractivity contribution in [1.82, 2.24) is 9.88 Å². The summed E-state index contributed by atoms with van der Waals surface area (Å²) in [6.45, 7) is 3.36. The zero-order valence-electron chi connectivity index (χ0n) is 15.8. The monoisotopic (exact) mass is 369 g/mol. The van der Waals surface area contributed by atoms with Gasteiger partial charge in [0.1, 0.15) is 12.0 Å². The molecule has 2 aliphatic heterocycles. The smallest absolute Gasteiger partial charge is 0.249 e. The summed E-state index contributed by atoms with van der Waals surface area (Å²) >= 11 is 0. The molecule has 2 aromatic rings. The number of H-pyrrole nitrogens is 1. The molecule has 1 aromatic heterocycles. The highest BCUT2D eigenvalue weighted by Crippen LogP contribution is 2.27. The third-order valence-corrected chi connectivity index (χ3v) is 5.59. The first kappa shape index (κ1) is 18.1. The number of hydrogen-bond acceptors (Lipinski definition) is 5. The van der Waals surface area contributed by atoms with Crippen LogP contribution >= 0.6 is 0 Å². The fourth-order valence-electron chi connectivity index (χ4n) is 4.19. The van der Waals surface area contributed by atoms with E-state index in [4.69, 9.17) is 9.47 Å². The van der Waals surface area contributed by atoms with Crippen LogP contribution in [0.15, 0.2) is 47.4 Å². The van der Waals surface area contributed by atoms with Gasteiger partial charge in [-0.1, -0.05) is 12.1 Å². The molecule has 0 saturated carbocycles. The Kier molecular flexibility index (Phi) is 5.45. The molecular weight excluding hydrogens is 342 g/mol.